The maximum atomic E-state index is 12.4. The van der Waals surface area contributed by atoms with Gasteiger partial charge >= 0.3 is 5.97 Å². The highest BCUT2D eigenvalue weighted by molar-refractivity contribution is 5.95. The van der Waals surface area contributed by atoms with E-state index in [1.165, 1.54) is 13.2 Å². The largest absolute Gasteiger partial charge is 0.493 e. The number of methoxy groups -OCH3 is 1. The molecule has 0 radical (unpaired) electrons. The average Bonchev–Trinajstić information content (AvgIpc) is 3.12. The van der Waals surface area contributed by atoms with Gasteiger partial charge in [-0.25, -0.2) is 9.48 Å². The van der Waals surface area contributed by atoms with Crippen molar-refractivity contribution in [2.45, 2.75) is 26.9 Å². The number of para-hydroxylation sites is 1. The van der Waals surface area contributed by atoms with Gasteiger partial charge in [-0.15, -0.1) is 0 Å². The number of aromatic nitrogens is 2. The molecule has 1 aromatic heterocycles. The summed E-state index contributed by atoms with van der Waals surface area (Å²) in [5.74, 6) is 0.308. The van der Waals surface area contributed by atoms with Crippen LogP contribution in [-0.4, -0.2) is 41.5 Å². The van der Waals surface area contributed by atoms with Crippen molar-refractivity contribution in [3.8, 4) is 17.2 Å². The van der Waals surface area contributed by atoms with Crippen molar-refractivity contribution in [3.05, 3.63) is 65.9 Å². The summed E-state index contributed by atoms with van der Waals surface area (Å²) in [7, 11) is 1.49. The first-order valence-electron chi connectivity index (χ1n) is 9.81. The first-order chi connectivity index (χ1) is 14.9. The molecule has 0 unspecified atom stereocenters. The molecular formula is C23H25N3O5. The number of rotatable bonds is 8. The molecule has 31 heavy (non-hydrogen) atoms. The lowest BCUT2D eigenvalue weighted by molar-refractivity contribution is -0.119. The smallest absolute Gasteiger partial charge is 0.338 e. The molecule has 1 heterocycles. The highest BCUT2D eigenvalue weighted by atomic mass is 16.5. The summed E-state index contributed by atoms with van der Waals surface area (Å²) in [5, 5.41) is 7.12. The molecule has 1 amide bonds. The van der Waals surface area contributed by atoms with Gasteiger partial charge in [-0.1, -0.05) is 18.2 Å². The standard InChI is InChI=1S/C23H25N3O5/c1-15(2)31-19-11-10-17(13-20(19)29-4)23(28)30-14-22(27)24-21-12-16(3)25-26(21)18-8-6-5-7-9-18/h5-13,15H,14H2,1-4H3,(H,24,27). The van der Waals surface area contributed by atoms with Gasteiger partial charge in [0.05, 0.1) is 30.2 Å². The van der Waals surface area contributed by atoms with Gasteiger partial charge in [0.1, 0.15) is 5.82 Å². The molecule has 2 aromatic carbocycles. The predicted molar refractivity (Wildman–Crippen MR) is 116 cm³/mol. The molecule has 8 nitrogen and oxygen atoms in total. The van der Waals surface area contributed by atoms with Crippen LogP contribution in [0, 0.1) is 6.92 Å². The summed E-state index contributed by atoms with van der Waals surface area (Å²) < 4.78 is 17.7. The number of hydrogen-bond acceptors (Lipinski definition) is 6. The second-order valence-electron chi connectivity index (χ2n) is 7.07. The van der Waals surface area contributed by atoms with Gasteiger partial charge in [-0.05, 0) is 51.1 Å². The maximum absolute atomic E-state index is 12.4. The summed E-state index contributed by atoms with van der Waals surface area (Å²) in [4.78, 5) is 24.7. The molecular weight excluding hydrogens is 398 g/mol. The molecule has 0 bridgehead atoms. The summed E-state index contributed by atoms with van der Waals surface area (Å²) in [6, 6.07) is 15.9. The van der Waals surface area contributed by atoms with Crippen molar-refractivity contribution in [1.82, 2.24) is 9.78 Å². The molecule has 0 atom stereocenters. The third-order valence-electron chi connectivity index (χ3n) is 4.20. The van der Waals surface area contributed by atoms with E-state index in [9.17, 15) is 9.59 Å². The lowest BCUT2D eigenvalue weighted by atomic mass is 10.2. The number of esters is 1. The van der Waals surface area contributed by atoms with Crippen LogP contribution >= 0.6 is 0 Å². The molecule has 0 aliphatic carbocycles. The zero-order chi connectivity index (χ0) is 22.4. The van der Waals surface area contributed by atoms with E-state index in [0.717, 1.165) is 11.4 Å². The number of amides is 1. The Bertz CT molecular complexity index is 1060. The SMILES string of the molecule is COc1cc(C(=O)OCC(=O)Nc2cc(C)nn2-c2ccccc2)ccc1OC(C)C. The molecule has 162 valence electrons. The van der Waals surface area contributed by atoms with Crippen molar-refractivity contribution in [1.29, 1.82) is 0 Å². The Morgan fingerprint density at radius 3 is 2.48 bits per heavy atom. The molecule has 0 aliphatic heterocycles. The number of nitrogens with one attached hydrogen (secondary N) is 1. The fourth-order valence-electron chi connectivity index (χ4n) is 2.89. The van der Waals surface area contributed by atoms with Crippen LogP contribution in [0.15, 0.2) is 54.6 Å². The highest BCUT2D eigenvalue weighted by Crippen LogP contribution is 2.29. The molecule has 3 rings (SSSR count). The van der Waals surface area contributed by atoms with Crippen LogP contribution in [0.5, 0.6) is 11.5 Å². The lowest BCUT2D eigenvalue weighted by Gasteiger charge is -2.14. The predicted octanol–water partition coefficient (Wildman–Crippen LogP) is 3.77. The fraction of sp³-hybridized carbons (Fsp3) is 0.261. The number of ether oxygens (including phenoxy) is 3. The minimum absolute atomic E-state index is 0.0386. The Morgan fingerprint density at radius 1 is 1.06 bits per heavy atom. The van der Waals surface area contributed by atoms with Crippen LogP contribution < -0.4 is 14.8 Å². The molecule has 0 fully saturated rings. The number of carbonyl (C=O) groups is 2. The number of anilines is 1. The van der Waals surface area contributed by atoms with Crippen molar-refractivity contribution < 1.29 is 23.8 Å². The van der Waals surface area contributed by atoms with Gasteiger partial charge in [0.2, 0.25) is 0 Å². The normalized spacial score (nSPS) is 10.6. The maximum Gasteiger partial charge on any atom is 0.338 e. The van der Waals surface area contributed by atoms with Crippen molar-refractivity contribution in [2.24, 2.45) is 0 Å². The Balaban J connectivity index is 1.63. The second-order valence-corrected chi connectivity index (χ2v) is 7.07. The summed E-state index contributed by atoms with van der Waals surface area (Å²) >= 11 is 0. The van der Waals surface area contributed by atoms with Crippen molar-refractivity contribution in [3.63, 3.8) is 0 Å². The van der Waals surface area contributed by atoms with E-state index in [-0.39, 0.29) is 11.7 Å². The molecule has 3 aromatic rings. The Morgan fingerprint density at radius 2 is 1.81 bits per heavy atom. The Hall–Kier alpha value is -3.81. The lowest BCUT2D eigenvalue weighted by Crippen LogP contribution is -2.22. The van der Waals surface area contributed by atoms with Crippen LogP contribution in [0.3, 0.4) is 0 Å². The van der Waals surface area contributed by atoms with Gasteiger partial charge in [0, 0.05) is 6.07 Å². The van der Waals surface area contributed by atoms with Gasteiger partial charge in [-0.3, -0.25) is 4.79 Å². The second kappa shape index (κ2) is 9.80. The van der Waals surface area contributed by atoms with E-state index >= 15 is 0 Å². The van der Waals surface area contributed by atoms with Crippen molar-refractivity contribution in [2.75, 3.05) is 19.0 Å². The van der Waals surface area contributed by atoms with Gasteiger partial charge in [-0.2, -0.15) is 5.10 Å². The number of nitrogens with zero attached hydrogens (tertiary/aromatic N) is 2. The summed E-state index contributed by atoms with van der Waals surface area (Å²) in [6.45, 7) is 5.18. The van der Waals surface area contributed by atoms with Crippen LogP contribution in [0.25, 0.3) is 5.69 Å². The first-order valence-corrected chi connectivity index (χ1v) is 9.81. The number of carbonyl (C=O) groups excluding carboxylic acids is 2. The minimum Gasteiger partial charge on any atom is -0.493 e. The van der Waals surface area contributed by atoms with Crippen LogP contribution in [0.4, 0.5) is 5.82 Å². The van der Waals surface area contributed by atoms with E-state index in [0.29, 0.717) is 17.3 Å². The first kappa shape index (κ1) is 21.9. The van der Waals surface area contributed by atoms with Crippen molar-refractivity contribution >= 4 is 17.7 Å². The topological polar surface area (TPSA) is 91.7 Å². The van der Waals surface area contributed by atoms with E-state index in [1.54, 1.807) is 22.9 Å². The summed E-state index contributed by atoms with van der Waals surface area (Å²) in [5.41, 5.74) is 1.80. The minimum atomic E-state index is -0.641. The van der Waals surface area contributed by atoms with Gasteiger partial charge in [0.25, 0.3) is 5.91 Å². The molecule has 1 N–H and O–H groups in total. The zero-order valence-corrected chi connectivity index (χ0v) is 17.9. The molecule has 8 heteroatoms. The van der Waals surface area contributed by atoms with Crippen LogP contribution in [0.2, 0.25) is 0 Å². The number of benzene rings is 2. The molecule has 0 saturated carbocycles. The van der Waals surface area contributed by atoms with Crippen LogP contribution in [0.1, 0.15) is 29.9 Å². The zero-order valence-electron chi connectivity index (χ0n) is 17.9. The highest BCUT2D eigenvalue weighted by Gasteiger charge is 2.16. The molecule has 0 spiro atoms. The third-order valence-corrected chi connectivity index (χ3v) is 4.20. The van der Waals surface area contributed by atoms with E-state index < -0.39 is 18.5 Å². The number of aryl methyl sites for hydroxylation is 1. The van der Waals surface area contributed by atoms with Gasteiger partial charge in [0.15, 0.2) is 18.1 Å². The van der Waals surface area contributed by atoms with Gasteiger partial charge < -0.3 is 19.5 Å². The Kier molecular flexibility index (Phi) is 6.92. The average molecular weight is 423 g/mol. The monoisotopic (exact) mass is 423 g/mol. The quantitative estimate of drug-likeness (QED) is 0.555. The van der Waals surface area contributed by atoms with E-state index in [2.05, 4.69) is 10.4 Å². The molecule has 0 aliphatic rings. The Labute approximate surface area is 180 Å². The van der Waals surface area contributed by atoms with Crippen LogP contribution in [-0.2, 0) is 9.53 Å². The number of hydrogen-bond donors (Lipinski definition) is 1. The summed E-state index contributed by atoms with van der Waals surface area (Å²) in [6.07, 6.45) is -0.0386. The molecule has 0 saturated heterocycles. The third kappa shape index (κ3) is 5.63. The van der Waals surface area contributed by atoms with E-state index in [1.807, 2.05) is 51.1 Å². The fourth-order valence-corrected chi connectivity index (χ4v) is 2.89. The van der Waals surface area contributed by atoms with E-state index in [4.69, 9.17) is 14.2 Å².